The lowest BCUT2D eigenvalue weighted by molar-refractivity contribution is -0.138. The number of likely N-dealkylation sites (N-methyl/N-ethyl adjacent to an activating group) is 1. The minimum atomic E-state index is -0.723. The number of aliphatic carboxylic acids is 1. The average Bonchev–Trinajstić information content (AvgIpc) is 2.15. The van der Waals surface area contributed by atoms with Gasteiger partial charge in [0.2, 0.25) is 0 Å². The quantitative estimate of drug-likeness (QED) is 0.621. The molecule has 0 radical (unpaired) electrons. The van der Waals surface area contributed by atoms with E-state index in [1.165, 1.54) is 0 Å². The van der Waals surface area contributed by atoms with E-state index in [-0.39, 0.29) is 6.54 Å². The second-order valence-electron chi connectivity index (χ2n) is 3.33. The minimum absolute atomic E-state index is 0.188. The molecular weight excluding hydrogens is 156 g/mol. The first kappa shape index (κ1) is 9.48. The summed E-state index contributed by atoms with van der Waals surface area (Å²) in [5.74, 6) is -0.723. The van der Waals surface area contributed by atoms with Crippen LogP contribution in [0.15, 0.2) is 0 Å². The number of carboxylic acid groups (broad SMARTS) is 1. The van der Waals surface area contributed by atoms with E-state index in [0.717, 1.165) is 32.6 Å². The van der Waals surface area contributed by atoms with Crippen LogP contribution in [0.25, 0.3) is 0 Å². The maximum Gasteiger partial charge on any atom is 0.317 e. The first-order valence-corrected chi connectivity index (χ1v) is 4.31. The fourth-order valence-electron chi connectivity index (χ4n) is 1.45. The molecule has 1 fully saturated rings. The SMILES string of the molecule is CN1CCCN(CC(=O)O)CC1. The molecule has 0 atom stereocenters. The molecule has 0 aromatic rings. The highest BCUT2D eigenvalue weighted by molar-refractivity contribution is 5.69. The Hall–Kier alpha value is -0.610. The Morgan fingerprint density at radius 3 is 2.75 bits per heavy atom. The van der Waals surface area contributed by atoms with E-state index in [4.69, 9.17) is 5.11 Å². The summed E-state index contributed by atoms with van der Waals surface area (Å²) in [7, 11) is 2.07. The Morgan fingerprint density at radius 1 is 1.33 bits per heavy atom. The van der Waals surface area contributed by atoms with E-state index in [0.29, 0.717) is 0 Å². The zero-order valence-electron chi connectivity index (χ0n) is 7.49. The second-order valence-corrected chi connectivity index (χ2v) is 3.33. The van der Waals surface area contributed by atoms with Gasteiger partial charge in [-0.2, -0.15) is 0 Å². The van der Waals surface area contributed by atoms with Crippen molar-refractivity contribution in [3.63, 3.8) is 0 Å². The van der Waals surface area contributed by atoms with Gasteiger partial charge in [-0.15, -0.1) is 0 Å². The molecule has 4 heteroatoms. The largest absolute Gasteiger partial charge is 0.480 e. The highest BCUT2D eigenvalue weighted by Gasteiger charge is 2.13. The minimum Gasteiger partial charge on any atom is -0.480 e. The van der Waals surface area contributed by atoms with E-state index in [1.54, 1.807) is 0 Å². The van der Waals surface area contributed by atoms with E-state index in [2.05, 4.69) is 11.9 Å². The maximum absolute atomic E-state index is 10.4. The Kier molecular flexibility index (Phi) is 3.49. The van der Waals surface area contributed by atoms with Gasteiger partial charge in [-0.3, -0.25) is 9.69 Å². The third-order valence-corrected chi connectivity index (χ3v) is 2.17. The molecule has 0 unspecified atom stereocenters. The standard InChI is InChI=1S/C8H16N2O2/c1-9-3-2-4-10(6-5-9)7-8(11)12/h2-7H2,1H3,(H,11,12). The van der Waals surface area contributed by atoms with E-state index in [1.807, 2.05) is 4.90 Å². The number of nitrogens with zero attached hydrogens (tertiary/aromatic N) is 2. The summed E-state index contributed by atoms with van der Waals surface area (Å²) in [5.41, 5.74) is 0. The molecule has 0 aromatic heterocycles. The van der Waals surface area contributed by atoms with Crippen LogP contribution in [0.4, 0.5) is 0 Å². The van der Waals surface area contributed by atoms with Crippen molar-refractivity contribution < 1.29 is 9.90 Å². The van der Waals surface area contributed by atoms with Gasteiger partial charge in [-0.25, -0.2) is 0 Å². The molecule has 0 aliphatic carbocycles. The molecule has 1 aliphatic heterocycles. The van der Waals surface area contributed by atoms with Crippen LogP contribution in [-0.4, -0.2) is 60.6 Å². The molecule has 70 valence electrons. The first-order valence-electron chi connectivity index (χ1n) is 4.31. The lowest BCUT2D eigenvalue weighted by Crippen LogP contribution is -2.33. The summed E-state index contributed by atoms with van der Waals surface area (Å²) in [6.07, 6.45) is 1.07. The van der Waals surface area contributed by atoms with Crippen molar-refractivity contribution in [1.29, 1.82) is 0 Å². The normalized spacial score (nSPS) is 22.1. The molecule has 0 saturated carbocycles. The number of carbonyl (C=O) groups is 1. The van der Waals surface area contributed by atoms with Crippen LogP contribution in [0.3, 0.4) is 0 Å². The van der Waals surface area contributed by atoms with Crippen molar-refractivity contribution >= 4 is 5.97 Å². The van der Waals surface area contributed by atoms with Crippen molar-refractivity contribution in [2.24, 2.45) is 0 Å². The molecule has 0 amide bonds. The molecule has 0 aromatic carbocycles. The third-order valence-electron chi connectivity index (χ3n) is 2.17. The Labute approximate surface area is 72.8 Å². The topological polar surface area (TPSA) is 43.8 Å². The second kappa shape index (κ2) is 4.42. The Balaban J connectivity index is 2.30. The van der Waals surface area contributed by atoms with Crippen LogP contribution < -0.4 is 0 Å². The fourth-order valence-corrected chi connectivity index (χ4v) is 1.45. The van der Waals surface area contributed by atoms with Crippen LogP contribution in [0.2, 0.25) is 0 Å². The smallest absolute Gasteiger partial charge is 0.317 e. The van der Waals surface area contributed by atoms with Gasteiger partial charge < -0.3 is 10.0 Å². The average molecular weight is 172 g/mol. The van der Waals surface area contributed by atoms with Gasteiger partial charge in [0.05, 0.1) is 6.54 Å². The molecule has 12 heavy (non-hydrogen) atoms. The van der Waals surface area contributed by atoms with Crippen LogP contribution in [0, 0.1) is 0 Å². The van der Waals surface area contributed by atoms with Gasteiger partial charge in [0.25, 0.3) is 0 Å². The van der Waals surface area contributed by atoms with Crippen LogP contribution in [-0.2, 0) is 4.79 Å². The fraction of sp³-hybridized carbons (Fsp3) is 0.875. The number of hydrogen-bond donors (Lipinski definition) is 1. The van der Waals surface area contributed by atoms with E-state index < -0.39 is 5.97 Å². The summed E-state index contributed by atoms with van der Waals surface area (Å²) in [6.45, 7) is 4.04. The highest BCUT2D eigenvalue weighted by atomic mass is 16.4. The monoisotopic (exact) mass is 172 g/mol. The molecule has 1 saturated heterocycles. The predicted octanol–water partition coefficient (Wildman–Crippen LogP) is -0.292. The molecule has 0 spiro atoms. The summed E-state index contributed by atoms with van der Waals surface area (Å²) < 4.78 is 0. The summed E-state index contributed by atoms with van der Waals surface area (Å²) >= 11 is 0. The van der Waals surface area contributed by atoms with Gasteiger partial charge >= 0.3 is 5.97 Å². The highest BCUT2D eigenvalue weighted by Crippen LogP contribution is 1.99. The number of rotatable bonds is 2. The van der Waals surface area contributed by atoms with Crippen molar-refractivity contribution in [2.45, 2.75) is 6.42 Å². The Morgan fingerprint density at radius 2 is 2.08 bits per heavy atom. The lowest BCUT2D eigenvalue weighted by Gasteiger charge is -2.16. The van der Waals surface area contributed by atoms with Crippen molar-refractivity contribution in [3.05, 3.63) is 0 Å². The van der Waals surface area contributed by atoms with Crippen molar-refractivity contribution in [1.82, 2.24) is 9.80 Å². The molecule has 1 N–H and O–H groups in total. The predicted molar refractivity (Wildman–Crippen MR) is 46.2 cm³/mol. The van der Waals surface area contributed by atoms with Gasteiger partial charge in [0.1, 0.15) is 0 Å². The Bertz CT molecular complexity index is 161. The first-order chi connectivity index (χ1) is 5.68. The molecule has 0 bridgehead atoms. The lowest BCUT2D eigenvalue weighted by atomic mass is 10.4. The zero-order valence-corrected chi connectivity index (χ0v) is 7.49. The van der Waals surface area contributed by atoms with Crippen LogP contribution >= 0.6 is 0 Å². The van der Waals surface area contributed by atoms with E-state index in [9.17, 15) is 4.79 Å². The van der Waals surface area contributed by atoms with Gasteiger partial charge in [0, 0.05) is 19.6 Å². The van der Waals surface area contributed by atoms with Crippen LogP contribution in [0.1, 0.15) is 6.42 Å². The van der Waals surface area contributed by atoms with Crippen molar-refractivity contribution in [3.8, 4) is 0 Å². The van der Waals surface area contributed by atoms with Gasteiger partial charge in [-0.1, -0.05) is 0 Å². The van der Waals surface area contributed by atoms with E-state index >= 15 is 0 Å². The summed E-state index contributed by atoms with van der Waals surface area (Å²) in [4.78, 5) is 14.6. The number of carboxylic acids is 1. The molecule has 1 rings (SSSR count). The van der Waals surface area contributed by atoms with Gasteiger partial charge in [-0.05, 0) is 20.0 Å². The summed E-state index contributed by atoms with van der Waals surface area (Å²) in [6, 6.07) is 0. The van der Waals surface area contributed by atoms with Gasteiger partial charge in [0.15, 0.2) is 0 Å². The maximum atomic E-state index is 10.4. The molecule has 1 heterocycles. The van der Waals surface area contributed by atoms with Crippen molar-refractivity contribution in [2.75, 3.05) is 39.8 Å². The third kappa shape index (κ3) is 3.19. The molecule has 1 aliphatic rings. The number of hydrogen-bond acceptors (Lipinski definition) is 3. The summed E-state index contributed by atoms with van der Waals surface area (Å²) in [5, 5.41) is 8.57. The molecular formula is C8H16N2O2. The zero-order chi connectivity index (χ0) is 8.97. The molecule has 4 nitrogen and oxygen atoms in total. The van der Waals surface area contributed by atoms with Crippen LogP contribution in [0.5, 0.6) is 0 Å².